The molecule has 2 fully saturated rings. The molecule has 0 aliphatic heterocycles. The van der Waals surface area contributed by atoms with Gasteiger partial charge >= 0.3 is 0 Å². The summed E-state index contributed by atoms with van der Waals surface area (Å²) < 4.78 is 5.35. The SMILES string of the molecule is COCC1=CC(C2CCCC2)=C(C2CCCC2)C1. The first-order valence-electron chi connectivity index (χ1n) is 7.80. The molecule has 0 unspecified atom stereocenters. The Kier molecular flexibility index (Phi) is 3.88. The molecule has 3 aliphatic carbocycles. The molecule has 1 heteroatoms. The van der Waals surface area contributed by atoms with Gasteiger partial charge in [-0.3, -0.25) is 0 Å². The van der Waals surface area contributed by atoms with Crippen LogP contribution < -0.4 is 0 Å². The van der Waals surface area contributed by atoms with Gasteiger partial charge in [-0.1, -0.05) is 37.3 Å². The Labute approximate surface area is 111 Å². The third-order valence-corrected chi connectivity index (χ3v) is 5.12. The molecule has 0 heterocycles. The second-order valence-electron chi connectivity index (χ2n) is 6.36. The van der Waals surface area contributed by atoms with Crippen molar-refractivity contribution in [3.63, 3.8) is 0 Å². The smallest absolute Gasteiger partial charge is 0.0679 e. The van der Waals surface area contributed by atoms with Crippen molar-refractivity contribution in [3.8, 4) is 0 Å². The zero-order chi connectivity index (χ0) is 12.4. The van der Waals surface area contributed by atoms with Gasteiger partial charge in [0.1, 0.15) is 0 Å². The molecule has 0 aromatic rings. The second kappa shape index (κ2) is 5.61. The van der Waals surface area contributed by atoms with E-state index in [0.29, 0.717) is 0 Å². The highest BCUT2D eigenvalue weighted by molar-refractivity contribution is 5.42. The van der Waals surface area contributed by atoms with Crippen molar-refractivity contribution in [2.45, 2.75) is 57.8 Å². The highest BCUT2D eigenvalue weighted by Gasteiger charge is 2.30. The van der Waals surface area contributed by atoms with Crippen LogP contribution in [0.15, 0.2) is 22.8 Å². The molecule has 0 aromatic carbocycles. The highest BCUT2D eigenvalue weighted by Crippen LogP contribution is 2.45. The van der Waals surface area contributed by atoms with Crippen LogP contribution in [0, 0.1) is 11.8 Å². The molecule has 3 rings (SSSR count). The van der Waals surface area contributed by atoms with Crippen LogP contribution in [0.1, 0.15) is 57.8 Å². The van der Waals surface area contributed by atoms with E-state index in [1.54, 1.807) is 5.57 Å². The van der Waals surface area contributed by atoms with Gasteiger partial charge in [0, 0.05) is 7.11 Å². The molecule has 2 saturated carbocycles. The average Bonchev–Trinajstić information content (AvgIpc) is 3.11. The van der Waals surface area contributed by atoms with E-state index >= 15 is 0 Å². The topological polar surface area (TPSA) is 9.23 Å². The largest absolute Gasteiger partial charge is 0.380 e. The monoisotopic (exact) mass is 246 g/mol. The third-order valence-electron chi connectivity index (χ3n) is 5.12. The van der Waals surface area contributed by atoms with Gasteiger partial charge in [0.15, 0.2) is 0 Å². The Morgan fingerprint density at radius 2 is 1.61 bits per heavy atom. The number of ether oxygens (including phenoxy) is 1. The van der Waals surface area contributed by atoms with Crippen LogP contribution in [-0.4, -0.2) is 13.7 Å². The summed E-state index contributed by atoms with van der Waals surface area (Å²) in [4.78, 5) is 0. The van der Waals surface area contributed by atoms with E-state index < -0.39 is 0 Å². The van der Waals surface area contributed by atoms with Gasteiger partial charge in [-0.15, -0.1) is 0 Å². The lowest BCUT2D eigenvalue weighted by Gasteiger charge is -2.18. The number of allylic oxidation sites excluding steroid dienone is 3. The molecule has 0 radical (unpaired) electrons. The van der Waals surface area contributed by atoms with Gasteiger partial charge in [-0.05, 0) is 55.1 Å². The van der Waals surface area contributed by atoms with Crippen molar-refractivity contribution < 1.29 is 4.74 Å². The Morgan fingerprint density at radius 1 is 1.00 bits per heavy atom. The number of methoxy groups -OCH3 is 1. The molecule has 0 amide bonds. The molecule has 18 heavy (non-hydrogen) atoms. The van der Waals surface area contributed by atoms with Crippen LogP contribution in [0.4, 0.5) is 0 Å². The van der Waals surface area contributed by atoms with Crippen molar-refractivity contribution in [1.82, 2.24) is 0 Å². The van der Waals surface area contributed by atoms with E-state index in [0.717, 1.165) is 18.4 Å². The van der Waals surface area contributed by atoms with Crippen LogP contribution >= 0.6 is 0 Å². The maximum absolute atomic E-state index is 5.35. The van der Waals surface area contributed by atoms with Crippen molar-refractivity contribution in [2.75, 3.05) is 13.7 Å². The molecule has 0 saturated heterocycles. The van der Waals surface area contributed by atoms with Gasteiger partial charge in [-0.2, -0.15) is 0 Å². The quantitative estimate of drug-likeness (QED) is 0.702. The number of hydrogen-bond donors (Lipinski definition) is 0. The van der Waals surface area contributed by atoms with Crippen LogP contribution in [0.5, 0.6) is 0 Å². The predicted octanol–water partition coefficient (Wildman–Crippen LogP) is 4.64. The van der Waals surface area contributed by atoms with Gasteiger partial charge in [0.2, 0.25) is 0 Å². The van der Waals surface area contributed by atoms with Gasteiger partial charge in [-0.25, -0.2) is 0 Å². The third kappa shape index (κ3) is 2.42. The van der Waals surface area contributed by atoms with E-state index in [1.807, 2.05) is 12.7 Å². The van der Waals surface area contributed by atoms with Crippen molar-refractivity contribution in [2.24, 2.45) is 11.8 Å². The summed E-state index contributed by atoms with van der Waals surface area (Å²) in [6.45, 7) is 0.840. The Balaban J connectivity index is 1.80. The van der Waals surface area contributed by atoms with Gasteiger partial charge in [0.05, 0.1) is 6.61 Å². The zero-order valence-electron chi connectivity index (χ0n) is 11.7. The van der Waals surface area contributed by atoms with E-state index in [1.165, 1.54) is 63.4 Å². The molecule has 0 bridgehead atoms. The highest BCUT2D eigenvalue weighted by atomic mass is 16.5. The Morgan fingerprint density at radius 3 is 2.22 bits per heavy atom. The molecular weight excluding hydrogens is 220 g/mol. The number of rotatable bonds is 4. The van der Waals surface area contributed by atoms with Crippen molar-refractivity contribution >= 4 is 0 Å². The average molecular weight is 246 g/mol. The molecule has 3 aliphatic rings. The molecule has 1 nitrogen and oxygen atoms in total. The van der Waals surface area contributed by atoms with Gasteiger partial charge < -0.3 is 4.74 Å². The van der Waals surface area contributed by atoms with E-state index in [9.17, 15) is 0 Å². The maximum atomic E-state index is 5.35. The molecule has 0 N–H and O–H groups in total. The predicted molar refractivity (Wildman–Crippen MR) is 75.5 cm³/mol. The first kappa shape index (κ1) is 12.5. The fraction of sp³-hybridized carbons (Fsp3) is 0.765. The lowest BCUT2D eigenvalue weighted by Crippen LogP contribution is -2.05. The fourth-order valence-corrected chi connectivity index (χ4v) is 4.26. The molecule has 0 aromatic heterocycles. The van der Waals surface area contributed by atoms with Crippen LogP contribution in [0.2, 0.25) is 0 Å². The Hall–Kier alpha value is -0.560. The summed E-state index contributed by atoms with van der Waals surface area (Å²) in [7, 11) is 1.82. The van der Waals surface area contributed by atoms with Crippen molar-refractivity contribution in [1.29, 1.82) is 0 Å². The summed E-state index contributed by atoms with van der Waals surface area (Å²) in [5.74, 6) is 1.79. The lowest BCUT2D eigenvalue weighted by atomic mass is 9.87. The molecule has 0 atom stereocenters. The minimum absolute atomic E-state index is 0.840. The first-order chi connectivity index (χ1) is 8.88. The summed E-state index contributed by atoms with van der Waals surface area (Å²) in [6, 6.07) is 0. The first-order valence-corrected chi connectivity index (χ1v) is 7.80. The Bertz CT molecular complexity index is 352. The normalized spacial score (nSPS) is 26.4. The molecule has 0 spiro atoms. The minimum atomic E-state index is 0.840. The zero-order valence-corrected chi connectivity index (χ0v) is 11.7. The van der Waals surface area contributed by atoms with Crippen LogP contribution in [-0.2, 0) is 4.74 Å². The number of hydrogen-bond acceptors (Lipinski definition) is 1. The molecular formula is C17H26O. The second-order valence-corrected chi connectivity index (χ2v) is 6.36. The van der Waals surface area contributed by atoms with E-state index in [4.69, 9.17) is 4.74 Å². The summed E-state index contributed by atoms with van der Waals surface area (Å²) in [5.41, 5.74) is 5.08. The lowest BCUT2D eigenvalue weighted by molar-refractivity contribution is 0.224. The summed E-state index contributed by atoms with van der Waals surface area (Å²) >= 11 is 0. The fourth-order valence-electron chi connectivity index (χ4n) is 4.26. The van der Waals surface area contributed by atoms with E-state index in [2.05, 4.69) is 6.08 Å². The maximum Gasteiger partial charge on any atom is 0.0679 e. The minimum Gasteiger partial charge on any atom is -0.380 e. The van der Waals surface area contributed by atoms with Crippen LogP contribution in [0.3, 0.4) is 0 Å². The van der Waals surface area contributed by atoms with E-state index in [-0.39, 0.29) is 0 Å². The summed E-state index contributed by atoms with van der Waals surface area (Å²) in [6.07, 6.45) is 15.3. The standard InChI is InChI=1S/C17H26O/c1-18-12-13-10-16(14-6-2-3-7-14)17(11-13)15-8-4-5-9-15/h10,14-15H,2-9,11-12H2,1H3. The van der Waals surface area contributed by atoms with Gasteiger partial charge in [0.25, 0.3) is 0 Å². The van der Waals surface area contributed by atoms with Crippen molar-refractivity contribution in [3.05, 3.63) is 22.8 Å². The summed E-state index contributed by atoms with van der Waals surface area (Å²) in [5, 5.41) is 0. The molecule has 100 valence electrons. The van der Waals surface area contributed by atoms with Crippen LogP contribution in [0.25, 0.3) is 0 Å².